The minimum absolute atomic E-state index is 0.111. The summed E-state index contributed by atoms with van der Waals surface area (Å²) in [6.45, 7) is 3.19. The van der Waals surface area contributed by atoms with Crippen LogP contribution in [0.1, 0.15) is 27.0 Å². The third kappa shape index (κ3) is 4.07. The number of hydrogen-bond donors (Lipinski definition) is 1. The number of carbonyl (C=O) groups excluding carboxylic acids is 1. The molecule has 0 aliphatic heterocycles. The van der Waals surface area contributed by atoms with Crippen molar-refractivity contribution in [1.82, 2.24) is 15.1 Å². The molecule has 3 aromatic carbocycles. The standard InChI is InChI=1S/C23H20ClN3O/c1-16-2-4-18(5-3-16)15-27-22-12-19(8-9-20(22)14-26-27)23(28)25-13-17-6-10-21(24)11-7-17/h2-12,14H,13,15H2,1H3,(H,25,28). The van der Waals surface area contributed by atoms with Gasteiger partial charge in [0, 0.05) is 22.5 Å². The van der Waals surface area contributed by atoms with Crippen LogP contribution >= 0.6 is 11.6 Å². The molecular weight excluding hydrogens is 370 g/mol. The zero-order valence-electron chi connectivity index (χ0n) is 15.5. The molecule has 4 nitrogen and oxygen atoms in total. The first-order valence-electron chi connectivity index (χ1n) is 9.12. The highest BCUT2D eigenvalue weighted by atomic mass is 35.5. The van der Waals surface area contributed by atoms with Gasteiger partial charge in [0.25, 0.3) is 5.91 Å². The number of aryl methyl sites for hydroxylation is 1. The number of carbonyl (C=O) groups is 1. The van der Waals surface area contributed by atoms with Gasteiger partial charge in [0.1, 0.15) is 0 Å². The van der Waals surface area contributed by atoms with Crippen molar-refractivity contribution >= 4 is 28.4 Å². The number of nitrogens with one attached hydrogen (secondary N) is 1. The lowest BCUT2D eigenvalue weighted by Crippen LogP contribution is -2.22. The van der Waals surface area contributed by atoms with Gasteiger partial charge in [-0.05, 0) is 42.3 Å². The molecule has 28 heavy (non-hydrogen) atoms. The largest absolute Gasteiger partial charge is 0.348 e. The van der Waals surface area contributed by atoms with E-state index in [1.54, 1.807) is 0 Å². The molecule has 0 saturated heterocycles. The van der Waals surface area contributed by atoms with Crippen LogP contribution in [-0.4, -0.2) is 15.7 Å². The quantitative estimate of drug-likeness (QED) is 0.523. The van der Waals surface area contributed by atoms with Crippen molar-refractivity contribution in [2.75, 3.05) is 0 Å². The van der Waals surface area contributed by atoms with Crippen LogP contribution in [-0.2, 0) is 13.1 Å². The molecule has 0 radical (unpaired) electrons. The summed E-state index contributed by atoms with van der Waals surface area (Å²) in [6, 6.07) is 21.5. The first-order valence-corrected chi connectivity index (χ1v) is 9.50. The monoisotopic (exact) mass is 389 g/mol. The number of hydrogen-bond acceptors (Lipinski definition) is 2. The lowest BCUT2D eigenvalue weighted by atomic mass is 10.1. The molecule has 0 bridgehead atoms. The van der Waals surface area contributed by atoms with Gasteiger partial charge in [0.2, 0.25) is 0 Å². The highest BCUT2D eigenvalue weighted by Gasteiger charge is 2.10. The van der Waals surface area contributed by atoms with Gasteiger partial charge in [-0.2, -0.15) is 5.10 Å². The maximum atomic E-state index is 12.6. The minimum atomic E-state index is -0.111. The SMILES string of the molecule is Cc1ccc(Cn2ncc3ccc(C(=O)NCc4ccc(Cl)cc4)cc32)cc1. The number of rotatable bonds is 5. The van der Waals surface area contributed by atoms with E-state index in [4.69, 9.17) is 11.6 Å². The Labute approximate surface area is 168 Å². The number of benzene rings is 3. The average Bonchev–Trinajstić information content (AvgIpc) is 3.11. The van der Waals surface area contributed by atoms with Crippen molar-refractivity contribution in [2.45, 2.75) is 20.0 Å². The van der Waals surface area contributed by atoms with Crippen LogP contribution in [0.2, 0.25) is 5.02 Å². The zero-order chi connectivity index (χ0) is 19.5. The number of halogens is 1. The van der Waals surface area contributed by atoms with Crippen molar-refractivity contribution in [2.24, 2.45) is 0 Å². The summed E-state index contributed by atoms with van der Waals surface area (Å²) in [6.07, 6.45) is 1.83. The average molecular weight is 390 g/mol. The van der Waals surface area contributed by atoms with E-state index < -0.39 is 0 Å². The Morgan fingerprint density at radius 2 is 1.71 bits per heavy atom. The summed E-state index contributed by atoms with van der Waals surface area (Å²) in [5, 5.41) is 9.14. The van der Waals surface area contributed by atoms with Crippen molar-refractivity contribution < 1.29 is 4.79 Å². The fourth-order valence-electron chi connectivity index (χ4n) is 3.09. The molecule has 4 rings (SSSR count). The maximum Gasteiger partial charge on any atom is 0.251 e. The maximum absolute atomic E-state index is 12.6. The van der Waals surface area contributed by atoms with E-state index in [0.29, 0.717) is 23.7 Å². The third-order valence-corrected chi connectivity index (χ3v) is 4.98. The van der Waals surface area contributed by atoms with E-state index in [1.165, 1.54) is 11.1 Å². The number of fused-ring (bicyclic) bond motifs is 1. The van der Waals surface area contributed by atoms with Gasteiger partial charge in [-0.1, -0.05) is 59.6 Å². The zero-order valence-corrected chi connectivity index (χ0v) is 16.3. The first-order chi connectivity index (χ1) is 13.6. The minimum Gasteiger partial charge on any atom is -0.348 e. The van der Waals surface area contributed by atoms with E-state index in [1.807, 2.05) is 53.3 Å². The third-order valence-electron chi connectivity index (χ3n) is 4.73. The summed E-state index contributed by atoms with van der Waals surface area (Å²) >= 11 is 5.90. The second-order valence-corrected chi connectivity index (χ2v) is 7.31. The van der Waals surface area contributed by atoms with Gasteiger partial charge >= 0.3 is 0 Å². The lowest BCUT2D eigenvalue weighted by Gasteiger charge is -2.08. The number of aromatic nitrogens is 2. The number of nitrogens with zero attached hydrogens (tertiary/aromatic N) is 2. The molecule has 0 saturated carbocycles. The molecule has 4 aromatic rings. The van der Waals surface area contributed by atoms with Gasteiger partial charge in [0.05, 0.1) is 18.3 Å². The van der Waals surface area contributed by atoms with Gasteiger partial charge in [-0.15, -0.1) is 0 Å². The van der Waals surface area contributed by atoms with Crippen LogP contribution in [0.3, 0.4) is 0 Å². The van der Waals surface area contributed by atoms with Gasteiger partial charge in [-0.25, -0.2) is 0 Å². The predicted molar refractivity (Wildman–Crippen MR) is 113 cm³/mol. The second kappa shape index (κ2) is 7.87. The van der Waals surface area contributed by atoms with E-state index >= 15 is 0 Å². The van der Waals surface area contributed by atoms with Crippen LogP contribution in [0.15, 0.2) is 72.9 Å². The highest BCUT2D eigenvalue weighted by molar-refractivity contribution is 6.30. The van der Waals surface area contributed by atoms with Gasteiger partial charge in [0.15, 0.2) is 0 Å². The fourth-order valence-corrected chi connectivity index (χ4v) is 3.22. The Morgan fingerprint density at radius 3 is 2.46 bits per heavy atom. The van der Waals surface area contributed by atoms with Crippen molar-refractivity contribution in [1.29, 1.82) is 0 Å². The molecule has 0 unspecified atom stereocenters. The van der Waals surface area contributed by atoms with Gasteiger partial charge in [-0.3, -0.25) is 9.48 Å². The molecule has 0 aliphatic rings. The summed E-state index contributed by atoms with van der Waals surface area (Å²) in [5.41, 5.74) is 4.97. The highest BCUT2D eigenvalue weighted by Crippen LogP contribution is 2.18. The molecule has 5 heteroatoms. The first kappa shape index (κ1) is 18.3. The van der Waals surface area contributed by atoms with Gasteiger partial charge < -0.3 is 5.32 Å². The van der Waals surface area contributed by atoms with E-state index in [-0.39, 0.29) is 5.91 Å². The summed E-state index contributed by atoms with van der Waals surface area (Å²) in [7, 11) is 0. The van der Waals surface area contributed by atoms with Crippen molar-refractivity contribution in [3.63, 3.8) is 0 Å². The van der Waals surface area contributed by atoms with E-state index in [2.05, 4.69) is 41.6 Å². The van der Waals surface area contributed by atoms with Crippen LogP contribution in [0, 0.1) is 6.92 Å². The Kier molecular flexibility index (Phi) is 5.13. The Hall–Kier alpha value is -3.11. The molecule has 0 atom stereocenters. The molecule has 1 heterocycles. The number of amides is 1. The van der Waals surface area contributed by atoms with Crippen LogP contribution < -0.4 is 5.32 Å². The summed E-state index contributed by atoms with van der Waals surface area (Å²) in [5.74, 6) is -0.111. The summed E-state index contributed by atoms with van der Waals surface area (Å²) in [4.78, 5) is 12.6. The molecule has 1 aromatic heterocycles. The molecule has 140 valence electrons. The van der Waals surface area contributed by atoms with E-state index in [0.717, 1.165) is 16.5 Å². The predicted octanol–water partition coefficient (Wildman–Crippen LogP) is 4.98. The smallest absolute Gasteiger partial charge is 0.251 e. The van der Waals surface area contributed by atoms with Crippen molar-refractivity contribution in [3.05, 3.63) is 100 Å². The van der Waals surface area contributed by atoms with Crippen LogP contribution in [0.4, 0.5) is 0 Å². The van der Waals surface area contributed by atoms with Crippen LogP contribution in [0.5, 0.6) is 0 Å². The molecule has 0 fully saturated rings. The van der Waals surface area contributed by atoms with Crippen LogP contribution in [0.25, 0.3) is 10.9 Å². The molecule has 1 N–H and O–H groups in total. The fraction of sp³-hybridized carbons (Fsp3) is 0.130. The molecule has 0 spiro atoms. The topological polar surface area (TPSA) is 46.9 Å². The second-order valence-electron chi connectivity index (χ2n) is 6.87. The molecule has 0 aliphatic carbocycles. The van der Waals surface area contributed by atoms with E-state index in [9.17, 15) is 4.79 Å². The van der Waals surface area contributed by atoms with Crippen molar-refractivity contribution in [3.8, 4) is 0 Å². The summed E-state index contributed by atoms with van der Waals surface area (Å²) < 4.78 is 1.93. The Balaban J connectivity index is 1.52. The molecular formula is C23H20ClN3O. The normalized spacial score (nSPS) is 10.9. The molecule has 1 amide bonds. The Morgan fingerprint density at radius 1 is 1.00 bits per heavy atom. The Bertz CT molecular complexity index is 1120. The lowest BCUT2D eigenvalue weighted by molar-refractivity contribution is 0.0951.